The Kier molecular flexibility index (Phi) is 7.02. The second kappa shape index (κ2) is 10.5. The average Bonchev–Trinajstić information content (AvgIpc) is 3.55. The van der Waals surface area contributed by atoms with Crippen molar-refractivity contribution in [1.29, 1.82) is 0 Å². The summed E-state index contributed by atoms with van der Waals surface area (Å²) in [6.07, 6.45) is 3.70. The zero-order chi connectivity index (χ0) is 26.8. The average molecular weight is 529 g/mol. The van der Waals surface area contributed by atoms with Gasteiger partial charge in [-0.05, 0) is 41.8 Å². The van der Waals surface area contributed by atoms with Gasteiger partial charge in [0.2, 0.25) is 5.91 Å². The van der Waals surface area contributed by atoms with Gasteiger partial charge < -0.3 is 9.67 Å². The SMILES string of the molecule is CN(C(=O)C(CC(=O)O)Cc1ccccc1)c1nc(-c2cc(F)ccc2-c2cnc3c(ccn3C)c2)cs1. The first kappa shape index (κ1) is 25.3. The largest absolute Gasteiger partial charge is 0.481 e. The van der Waals surface area contributed by atoms with E-state index in [-0.39, 0.29) is 12.3 Å². The minimum Gasteiger partial charge on any atom is -0.481 e. The maximum absolute atomic E-state index is 14.4. The van der Waals surface area contributed by atoms with Gasteiger partial charge >= 0.3 is 5.97 Å². The summed E-state index contributed by atoms with van der Waals surface area (Å²) >= 11 is 1.24. The van der Waals surface area contributed by atoms with Gasteiger partial charge in [-0.15, -0.1) is 11.3 Å². The van der Waals surface area contributed by atoms with E-state index in [4.69, 9.17) is 0 Å². The Morgan fingerprint density at radius 3 is 2.66 bits per heavy atom. The van der Waals surface area contributed by atoms with Crippen molar-refractivity contribution in [2.75, 3.05) is 11.9 Å². The van der Waals surface area contributed by atoms with Crippen molar-refractivity contribution in [2.45, 2.75) is 12.8 Å². The molecule has 5 rings (SSSR count). The molecule has 0 fully saturated rings. The number of carboxylic acids is 1. The maximum Gasteiger partial charge on any atom is 0.304 e. The molecule has 38 heavy (non-hydrogen) atoms. The number of amides is 1. The number of aromatic nitrogens is 3. The number of nitrogens with zero attached hydrogens (tertiary/aromatic N) is 4. The molecule has 192 valence electrons. The van der Waals surface area contributed by atoms with E-state index >= 15 is 0 Å². The fraction of sp³-hybridized carbons (Fsp3) is 0.172. The third-order valence-corrected chi connectivity index (χ3v) is 7.40. The number of rotatable bonds is 8. The molecular weight excluding hydrogens is 503 g/mol. The zero-order valence-corrected chi connectivity index (χ0v) is 21.7. The number of aryl methyl sites for hydroxylation is 1. The molecule has 0 saturated carbocycles. The standard InChI is InChI=1S/C29H25FN4O3S/c1-33-11-10-19-13-21(16-31-27(19)33)23-9-8-22(30)15-24(23)25-17-38-29(32-25)34(2)28(37)20(14-26(35)36)12-18-6-4-3-5-7-18/h3-11,13,15-17,20H,12,14H2,1-2H3,(H,35,36). The number of fused-ring (bicyclic) bond motifs is 1. The van der Waals surface area contributed by atoms with E-state index in [0.29, 0.717) is 22.8 Å². The number of pyridine rings is 1. The summed E-state index contributed by atoms with van der Waals surface area (Å²) in [5.41, 5.74) is 4.42. The van der Waals surface area contributed by atoms with Gasteiger partial charge in [0.1, 0.15) is 11.5 Å². The Labute approximate surface area is 222 Å². The van der Waals surface area contributed by atoms with E-state index < -0.39 is 17.7 Å². The van der Waals surface area contributed by atoms with Gasteiger partial charge in [0.25, 0.3) is 0 Å². The number of carbonyl (C=O) groups is 2. The molecule has 2 aromatic carbocycles. The monoisotopic (exact) mass is 528 g/mol. The predicted octanol–water partition coefficient (Wildman–Crippen LogP) is 5.80. The zero-order valence-electron chi connectivity index (χ0n) is 20.8. The molecule has 0 saturated heterocycles. The number of benzene rings is 2. The third-order valence-electron chi connectivity index (χ3n) is 6.48. The maximum atomic E-state index is 14.4. The first-order chi connectivity index (χ1) is 18.3. The minimum absolute atomic E-state index is 0.292. The second-order valence-electron chi connectivity index (χ2n) is 9.15. The van der Waals surface area contributed by atoms with Crippen LogP contribution in [-0.4, -0.2) is 38.6 Å². The molecule has 9 heteroatoms. The highest BCUT2D eigenvalue weighted by Gasteiger charge is 2.27. The van der Waals surface area contributed by atoms with Crippen molar-refractivity contribution >= 4 is 39.4 Å². The van der Waals surface area contributed by atoms with E-state index in [1.165, 1.54) is 28.4 Å². The lowest BCUT2D eigenvalue weighted by molar-refractivity contribution is -0.140. The molecule has 1 N–H and O–H groups in total. The van der Waals surface area contributed by atoms with E-state index in [0.717, 1.165) is 27.7 Å². The molecule has 0 aliphatic rings. The van der Waals surface area contributed by atoms with Crippen LogP contribution in [0.25, 0.3) is 33.4 Å². The number of anilines is 1. The second-order valence-corrected chi connectivity index (χ2v) is 9.99. The van der Waals surface area contributed by atoms with Crippen LogP contribution >= 0.6 is 11.3 Å². The molecule has 5 aromatic rings. The molecule has 0 bridgehead atoms. The van der Waals surface area contributed by atoms with Crippen LogP contribution in [0.4, 0.5) is 9.52 Å². The molecule has 0 spiro atoms. The number of hydrogen-bond donors (Lipinski definition) is 1. The Balaban J connectivity index is 1.45. The third kappa shape index (κ3) is 5.19. The Bertz CT molecular complexity index is 1630. The lowest BCUT2D eigenvalue weighted by Gasteiger charge is -2.21. The van der Waals surface area contributed by atoms with Crippen LogP contribution in [0.1, 0.15) is 12.0 Å². The van der Waals surface area contributed by atoms with Crippen molar-refractivity contribution in [3.05, 3.63) is 89.8 Å². The highest BCUT2D eigenvalue weighted by atomic mass is 32.1. The number of thiazole rings is 1. The molecular formula is C29H25FN4O3S. The fourth-order valence-electron chi connectivity index (χ4n) is 4.55. The summed E-state index contributed by atoms with van der Waals surface area (Å²) in [7, 11) is 3.51. The number of carbonyl (C=O) groups excluding carboxylic acids is 1. The summed E-state index contributed by atoms with van der Waals surface area (Å²) in [6.45, 7) is 0. The van der Waals surface area contributed by atoms with Gasteiger partial charge in [0.05, 0.1) is 18.0 Å². The van der Waals surface area contributed by atoms with Crippen molar-refractivity contribution in [3.63, 3.8) is 0 Å². The minimum atomic E-state index is -1.04. The topological polar surface area (TPSA) is 88.3 Å². The Morgan fingerprint density at radius 2 is 1.89 bits per heavy atom. The van der Waals surface area contributed by atoms with Crippen LogP contribution in [0.15, 0.2) is 78.4 Å². The predicted molar refractivity (Wildman–Crippen MR) is 147 cm³/mol. The van der Waals surface area contributed by atoms with Crippen LogP contribution in [-0.2, 0) is 23.1 Å². The normalized spacial score (nSPS) is 12.0. The molecule has 1 amide bonds. The molecule has 1 atom stereocenters. The number of hydrogen-bond acceptors (Lipinski definition) is 5. The van der Waals surface area contributed by atoms with Gasteiger partial charge in [-0.2, -0.15) is 0 Å². The first-order valence-electron chi connectivity index (χ1n) is 12.0. The van der Waals surface area contributed by atoms with E-state index in [2.05, 4.69) is 9.97 Å². The van der Waals surface area contributed by atoms with E-state index in [9.17, 15) is 19.1 Å². The Morgan fingerprint density at radius 1 is 1.11 bits per heavy atom. The molecule has 0 aliphatic heterocycles. The van der Waals surface area contributed by atoms with Crippen molar-refractivity contribution in [1.82, 2.24) is 14.5 Å². The lowest BCUT2D eigenvalue weighted by Crippen LogP contribution is -2.35. The van der Waals surface area contributed by atoms with Gasteiger partial charge in [0, 0.05) is 48.4 Å². The van der Waals surface area contributed by atoms with E-state index in [1.54, 1.807) is 24.7 Å². The van der Waals surface area contributed by atoms with Gasteiger partial charge in [-0.3, -0.25) is 14.5 Å². The van der Waals surface area contributed by atoms with Gasteiger partial charge in [0.15, 0.2) is 5.13 Å². The number of carboxylic acid groups (broad SMARTS) is 1. The first-order valence-corrected chi connectivity index (χ1v) is 12.9. The van der Waals surface area contributed by atoms with Crippen LogP contribution < -0.4 is 4.90 Å². The van der Waals surface area contributed by atoms with Gasteiger partial charge in [-0.1, -0.05) is 36.4 Å². The van der Waals surface area contributed by atoms with Crippen LogP contribution in [0, 0.1) is 11.7 Å². The molecule has 7 nitrogen and oxygen atoms in total. The van der Waals surface area contributed by atoms with Crippen LogP contribution in [0.3, 0.4) is 0 Å². The van der Waals surface area contributed by atoms with Crippen molar-refractivity contribution in [3.8, 4) is 22.4 Å². The fourth-order valence-corrected chi connectivity index (χ4v) is 5.34. The smallest absolute Gasteiger partial charge is 0.304 e. The summed E-state index contributed by atoms with van der Waals surface area (Å²) in [5, 5.41) is 12.6. The van der Waals surface area contributed by atoms with Crippen LogP contribution in [0.2, 0.25) is 0 Å². The highest BCUT2D eigenvalue weighted by Crippen LogP contribution is 2.36. The number of aliphatic carboxylic acids is 1. The molecule has 0 aliphatic carbocycles. The van der Waals surface area contributed by atoms with Gasteiger partial charge in [-0.25, -0.2) is 14.4 Å². The van der Waals surface area contributed by atoms with Crippen molar-refractivity contribution in [2.24, 2.45) is 13.0 Å². The Hall–Kier alpha value is -4.37. The quantitative estimate of drug-likeness (QED) is 0.275. The summed E-state index contributed by atoms with van der Waals surface area (Å²) in [6, 6.07) is 17.8. The van der Waals surface area contributed by atoms with E-state index in [1.807, 2.05) is 60.3 Å². The summed E-state index contributed by atoms with van der Waals surface area (Å²) < 4.78 is 16.3. The molecule has 0 radical (unpaired) electrons. The van der Waals surface area contributed by atoms with Crippen LogP contribution in [0.5, 0.6) is 0 Å². The summed E-state index contributed by atoms with van der Waals surface area (Å²) in [5.74, 6) is -2.53. The highest BCUT2D eigenvalue weighted by molar-refractivity contribution is 7.14. The van der Waals surface area contributed by atoms with Crippen molar-refractivity contribution < 1.29 is 19.1 Å². The summed E-state index contributed by atoms with van der Waals surface area (Å²) in [4.78, 5) is 35.5. The number of halogens is 1. The molecule has 3 aromatic heterocycles. The lowest BCUT2D eigenvalue weighted by atomic mass is 9.95. The molecule has 1 unspecified atom stereocenters. The molecule has 3 heterocycles.